The number of carbonyl (C=O) groups is 1. The summed E-state index contributed by atoms with van der Waals surface area (Å²) in [6.45, 7) is 3.32. The highest BCUT2D eigenvalue weighted by Crippen LogP contribution is 2.34. The Bertz CT molecular complexity index is 983. The van der Waals surface area contributed by atoms with Crippen LogP contribution in [-0.2, 0) is 9.53 Å². The van der Waals surface area contributed by atoms with Crippen molar-refractivity contribution >= 4 is 22.9 Å². The Balaban J connectivity index is 1.47. The van der Waals surface area contributed by atoms with Gasteiger partial charge in [-0.05, 0) is 24.3 Å². The number of carbonyl (C=O) groups excluding carboxylic acids is 1. The van der Waals surface area contributed by atoms with Crippen molar-refractivity contribution in [1.29, 1.82) is 0 Å². The average molecular weight is 410 g/mol. The van der Waals surface area contributed by atoms with Gasteiger partial charge in [-0.25, -0.2) is 4.98 Å². The average Bonchev–Trinajstić information content (AvgIpc) is 3.25. The predicted octanol–water partition coefficient (Wildman–Crippen LogP) is 3.76. The molecule has 2 heterocycles. The molecule has 3 aromatic rings. The van der Waals surface area contributed by atoms with Crippen molar-refractivity contribution in [2.45, 2.75) is 0 Å². The first-order chi connectivity index (χ1) is 14.2. The summed E-state index contributed by atoms with van der Waals surface area (Å²) in [5, 5.41) is 5.91. The topological polar surface area (TPSA) is 63.7 Å². The number of ether oxygens (including phenoxy) is 2. The van der Waals surface area contributed by atoms with Gasteiger partial charge in [0.05, 0.1) is 32.6 Å². The van der Waals surface area contributed by atoms with Gasteiger partial charge >= 0.3 is 0 Å². The van der Waals surface area contributed by atoms with Gasteiger partial charge in [0, 0.05) is 35.3 Å². The van der Waals surface area contributed by atoms with E-state index in [-0.39, 0.29) is 5.91 Å². The second-order valence-electron chi connectivity index (χ2n) is 6.76. The molecule has 0 bridgehead atoms. The molecule has 0 saturated carbocycles. The monoisotopic (exact) mass is 409 g/mol. The zero-order chi connectivity index (χ0) is 20.1. The zero-order valence-electron chi connectivity index (χ0n) is 16.3. The summed E-state index contributed by atoms with van der Waals surface area (Å²) in [6, 6.07) is 15.6. The Morgan fingerprint density at radius 3 is 2.86 bits per heavy atom. The Hall–Kier alpha value is -2.74. The largest absolute Gasteiger partial charge is 0.496 e. The number of hydrogen-bond donors (Lipinski definition) is 1. The van der Waals surface area contributed by atoms with Crippen molar-refractivity contribution in [3.8, 4) is 27.6 Å². The quantitative estimate of drug-likeness (QED) is 0.672. The van der Waals surface area contributed by atoms with Gasteiger partial charge in [0.15, 0.2) is 0 Å². The molecule has 1 fully saturated rings. The predicted molar refractivity (Wildman–Crippen MR) is 115 cm³/mol. The number of morpholine rings is 1. The molecule has 150 valence electrons. The van der Waals surface area contributed by atoms with E-state index in [4.69, 9.17) is 14.5 Å². The maximum Gasteiger partial charge on any atom is 0.238 e. The van der Waals surface area contributed by atoms with Crippen molar-refractivity contribution in [2.24, 2.45) is 0 Å². The summed E-state index contributed by atoms with van der Waals surface area (Å²) in [5.74, 6) is 0.784. The standard InChI is InChI=1S/C22H23N3O3S/c1-27-20-8-3-2-7-18(20)19-15-29-22(24-19)16-5-4-6-17(13-16)23-21(26)14-25-9-11-28-12-10-25/h2-8,13,15H,9-12,14H2,1H3,(H,23,26). The summed E-state index contributed by atoms with van der Waals surface area (Å²) in [5.41, 5.74) is 3.59. The smallest absolute Gasteiger partial charge is 0.238 e. The van der Waals surface area contributed by atoms with Crippen LogP contribution in [0.2, 0.25) is 0 Å². The minimum absolute atomic E-state index is 0.0158. The fourth-order valence-electron chi connectivity index (χ4n) is 3.28. The van der Waals surface area contributed by atoms with Crippen LogP contribution in [0.5, 0.6) is 5.75 Å². The Kier molecular flexibility index (Phi) is 6.19. The van der Waals surface area contributed by atoms with Gasteiger partial charge in [0.25, 0.3) is 0 Å². The Labute approximate surface area is 174 Å². The lowest BCUT2D eigenvalue weighted by Crippen LogP contribution is -2.41. The number of amides is 1. The first-order valence-corrected chi connectivity index (χ1v) is 10.4. The molecular formula is C22H23N3O3S. The number of nitrogens with zero attached hydrogens (tertiary/aromatic N) is 2. The maximum atomic E-state index is 12.4. The van der Waals surface area contributed by atoms with E-state index < -0.39 is 0 Å². The van der Waals surface area contributed by atoms with Gasteiger partial charge in [-0.2, -0.15) is 0 Å². The van der Waals surface area contributed by atoms with Crippen molar-refractivity contribution in [3.05, 3.63) is 53.9 Å². The van der Waals surface area contributed by atoms with Crippen LogP contribution in [0, 0.1) is 0 Å². The first kappa shape index (κ1) is 19.6. The van der Waals surface area contributed by atoms with E-state index in [0.29, 0.717) is 19.8 Å². The number of benzene rings is 2. The van der Waals surface area contributed by atoms with Crippen LogP contribution in [0.4, 0.5) is 5.69 Å². The minimum atomic E-state index is -0.0158. The summed E-state index contributed by atoms with van der Waals surface area (Å²) in [4.78, 5) is 19.2. The molecule has 2 aromatic carbocycles. The van der Waals surface area contributed by atoms with Crippen LogP contribution < -0.4 is 10.1 Å². The van der Waals surface area contributed by atoms with Crippen molar-refractivity contribution in [2.75, 3.05) is 45.3 Å². The van der Waals surface area contributed by atoms with E-state index in [2.05, 4.69) is 10.2 Å². The summed E-state index contributed by atoms with van der Waals surface area (Å²) in [6.07, 6.45) is 0. The lowest BCUT2D eigenvalue weighted by Gasteiger charge is -2.25. The number of thiazole rings is 1. The maximum absolute atomic E-state index is 12.4. The molecule has 1 aliphatic rings. The molecule has 7 heteroatoms. The van der Waals surface area contributed by atoms with Crippen molar-refractivity contribution in [3.63, 3.8) is 0 Å². The van der Waals surface area contributed by atoms with Gasteiger partial charge in [0.1, 0.15) is 10.8 Å². The van der Waals surface area contributed by atoms with E-state index >= 15 is 0 Å². The second kappa shape index (κ2) is 9.17. The summed E-state index contributed by atoms with van der Waals surface area (Å²) in [7, 11) is 1.66. The fourth-order valence-corrected chi connectivity index (χ4v) is 4.10. The van der Waals surface area contributed by atoms with Gasteiger partial charge in [-0.1, -0.05) is 24.3 Å². The van der Waals surface area contributed by atoms with Crippen molar-refractivity contribution < 1.29 is 14.3 Å². The molecule has 0 spiro atoms. The third-order valence-corrected chi connectivity index (χ3v) is 5.64. The van der Waals surface area contributed by atoms with Crippen LogP contribution in [-0.4, -0.2) is 55.7 Å². The Morgan fingerprint density at radius 1 is 1.21 bits per heavy atom. The highest BCUT2D eigenvalue weighted by molar-refractivity contribution is 7.13. The normalized spacial score (nSPS) is 14.5. The summed E-state index contributed by atoms with van der Waals surface area (Å²) < 4.78 is 10.8. The third-order valence-electron chi connectivity index (χ3n) is 4.75. The van der Waals surface area contributed by atoms with Gasteiger partial charge < -0.3 is 14.8 Å². The van der Waals surface area contributed by atoms with Gasteiger partial charge in [0.2, 0.25) is 5.91 Å². The SMILES string of the molecule is COc1ccccc1-c1csc(-c2cccc(NC(=O)CN3CCOCC3)c2)n1. The number of rotatable bonds is 6. The van der Waals surface area contributed by atoms with Gasteiger partial charge in [-0.3, -0.25) is 9.69 Å². The molecule has 1 aliphatic heterocycles. The number of anilines is 1. The van der Waals surface area contributed by atoms with Crippen LogP contribution in [0.1, 0.15) is 0 Å². The second-order valence-corrected chi connectivity index (χ2v) is 7.61. The number of nitrogens with one attached hydrogen (secondary N) is 1. The van der Waals surface area contributed by atoms with Crippen molar-refractivity contribution in [1.82, 2.24) is 9.88 Å². The number of hydrogen-bond acceptors (Lipinski definition) is 6. The third kappa shape index (κ3) is 4.82. The molecule has 0 unspecified atom stereocenters. The number of para-hydroxylation sites is 1. The van der Waals surface area contributed by atoms with Crippen LogP contribution in [0.15, 0.2) is 53.9 Å². The molecule has 4 rings (SSSR count). The van der Waals surface area contributed by atoms with E-state index in [1.807, 2.05) is 53.9 Å². The van der Waals surface area contributed by atoms with Crippen LogP contribution >= 0.6 is 11.3 Å². The van der Waals surface area contributed by atoms with Crippen LogP contribution in [0.3, 0.4) is 0 Å². The number of aromatic nitrogens is 1. The van der Waals surface area contributed by atoms with E-state index in [0.717, 1.165) is 46.4 Å². The van der Waals surface area contributed by atoms with E-state index in [1.165, 1.54) is 0 Å². The molecular weight excluding hydrogens is 386 g/mol. The molecule has 1 N–H and O–H groups in total. The van der Waals surface area contributed by atoms with Crippen LogP contribution in [0.25, 0.3) is 21.8 Å². The lowest BCUT2D eigenvalue weighted by molar-refractivity contribution is -0.118. The molecule has 0 atom stereocenters. The molecule has 1 aromatic heterocycles. The van der Waals surface area contributed by atoms with Gasteiger partial charge in [-0.15, -0.1) is 11.3 Å². The molecule has 1 saturated heterocycles. The lowest BCUT2D eigenvalue weighted by atomic mass is 10.1. The molecule has 6 nitrogen and oxygen atoms in total. The minimum Gasteiger partial charge on any atom is -0.496 e. The van der Waals surface area contributed by atoms with E-state index in [9.17, 15) is 4.79 Å². The highest BCUT2D eigenvalue weighted by atomic mass is 32.1. The first-order valence-electron chi connectivity index (χ1n) is 9.52. The molecule has 0 aliphatic carbocycles. The fraction of sp³-hybridized carbons (Fsp3) is 0.273. The molecule has 1 amide bonds. The number of methoxy groups -OCH3 is 1. The highest BCUT2D eigenvalue weighted by Gasteiger charge is 2.15. The summed E-state index contributed by atoms with van der Waals surface area (Å²) >= 11 is 1.57. The van der Waals surface area contributed by atoms with E-state index in [1.54, 1.807) is 18.4 Å². The zero-order valence-corrected chi connectivity index (χ0v) is 17.1. The molecule has 29 heavy (non-hydrogen) atoms. The molecule has 0 radical (unpaired) electrons. The Morgan fingerprint density at radius 2 is 2.03 bits per heavy atom.